The molecule has 0 spiro atoms. The van der Waals surface area contributed by atoms with Crippen molar-refractivity contribution < 1.29 is 31.2 Å². The van der Waals surface area contributed by atoms with Gasteiger partial charge in [0.05, 0.1) is 29.5 Å². The minimum absolute atomic E-state index is 0.0290. The molecule has 1 aromatic carbocycles. The number of hydrogen-bond donors (Lipinski definition) is 1. The maximum absolute atomic E-state index is 13.6. The number of amides is 2. The summed E-state index contributed by atoms with van der Waals surface area (Å²) in [6.45, 7) is 4.92. The number of piperidine rings is 1. The van der Waals surface area contributed by atoms with E-state index < -0.39 is 40.0 Å². The van der Waals surface area contributed by atoms with E-state index >= 15 is 0 Å². The molecular formula is C27H36F3N5O4S. The molecule has 3 aliphatic rings. The summed E-state index contributed by atoms with van der Waals surface area (Å²) in [6, 6.07) is 5.58. The number of hydrogen-bond acceptors (Lipinski definition) is 5. The molecule has 0 unspecified atom stereocenters. The number of alkyl halides is 3. The number of carbonyl (C=O) groups is 2. The molecular weight excluding hydrogens is 547 g/mol. The van der Waals surface area contributed by atoms with Crippen molar-refractivity contribution in [3.63, 3.8) is 0 Å². The topological polar surface area (TPSA) is 114 Å². The quantitative estimate of drug-likeness (QED) is 0.505. The van der Waals surface area contributed by atoms with Crippen molar-refractivity contribution in [2.24, 2.45) is 17.8 Å². The largest absolute Gasteiger partial charge is 0.416 e. The SMILES string of the molecule is CC(C)C[C@@H](NC(=O)[C@H]1CCCN1C(=O)[C@H]1CCCN(S(=O)(=O)N2CC(C#N)C2)C1)c1ccc(C(F)(F)F)cc1. The molecule has 220 valence electrons. The van der Waals surface area contributed by atoms with Crippen molar-refractivity contribution in [1.82, 2.24) is 18.8 Å². The van der Waals surface area contributed by atoms with E-state index in [0.717, 1.165) is 12.1 Å². The van der Waals surface area contributed by atoms with E-state index in [0.29, 0.717) is 50.8 Å². The van der Waals surface area contributed by atoms with Crippen LogP contribution in [0.25, 0.3) is 0 Å². The first-order valence-corrected chi connectivity index (χ1v) is 15.1. The third kappa shape index (κ3) is 6.61. The van der Waals surface area contributed by atoms with Gasteiger partial charge < -0.3 is 10.2 Å². The molecule has 0 radical (unpaired) electrons. The predicted octanol–water partition coefficient (Wildman–Crippen LogP) is 3.31. The van der Waals surface area contributed by atoms with Crippen LogP contribution in [0.5, 0.6) is 0 Å². The fraction of sp³-hybridized carbons (Fsp3) is 0.667. The Balaban J connectivity index is 1.43. The minimum Gasteiger partial charge on any atom is -0.347 e. The van der Waals surface area contributed by atoms with Gasteiger partial charge in [-0.25, -0.2) is 0 Å². The summed E-state index contributed by atoms with van der Waals surface area (Å²) in [7, 11) is -3.76. The van der Waals surface area contributed by atoms with Crippen LogP contribution in [0.4, 0.5) is 13.2 Å². The van der Waals surface area contributed by atoms with Gasteiger partial charge in [-0.05, 0) is 55.7 Å². The number of carbonyl (C=O) groups excluding carboxylic acids is 2. The predicted molar refractivity (Wildman–Crippen MR) is 140 cm³/mol. The van der Waals surface area contributed by atoms with Crippen molar-refractivity contribution in [2.45, 2.75) is 64.2 Å². The number of rotatable bonds is 8. The Labute approximate surface area is 233 Å². The lowest BCUT2D eigenvalue weighted by Crippen LogP contribution is -2.57. The van der Waals surface area contributed by atoms with Crippen LogP contribution in [-0.4, -0.2) is 72.5 Å². The Bertz CT molecular complexity index is 1230. The highest BCUT2D eigenvalue weighted by Crippen LogP contribution is 2.32. The van der Waals surface area contributed by atoms with Gasteiger partial charge in [0.15, 0.2) is 0 Å². The van der Waals surface area contributed by atoms with Crippen LogP contribution in [0.3, 0.4) is 0 Å². The maximum Gasteiger partial charge on any atom is 0.416 e. The summed E-state index contributed by atoms with van der Waals surface area (Å²) < 4.78 is 67.7. The molecule has 4 rings (SSSR count). The monoisotopic (exact) mass is 583 g/mol. The molecule has 9 nitrogen and oxygen atoms in total. The van der Waals surface area contributed by atoms with E-state index in [4.69, 9.17) is 5.26 Å². The van der Waals surface area contributed by atoms with E-state index in [1.165, 1.54) is 25.6 Å². The third-order valence-corrected chi connectivity index (χ3v) is 9.85. The summed E-state index contributed by atoms with van der Waals surface area (Å²) in [5.41, 5.74) is -0.204. The number of benzene rings is 1. The fourth-order valence-electron chi connectivity index (χ4n) is 5.68. The normalized spacial score (nSPS) is 24.0. The van der Waals surface area contributed by atoms with Gasteiger partial charge in [0, 0.05) is 32.7 Å². The van der Waals surface area contributed by atoms with Crippen LogP contribution in [0.1, 0.15) is 63.1 Å². The van der Waals surface area contributed by atoms with Gasteiger partial charge in [0.25, 0.3) is 10.2 Å². The molecule has 0 saturated carbocycles. The molecule has 40 heavy (non-hydrogen) atoms. The molecule has 0 aliphatic carbocycles. The summed E-state index contributed by atoms with van der Waals surface area (Å²) in [5, 5.41) is 12.0. The minimum atomic E-state index is -4.46. The number of nitriles is 1. The molecule has 1 N–H and O–H groups in total. The second kappa shape index (κ2) is 12.0. The first kappa shape index (κ1) is 30.3. The van der Waals surface area contributed by atoms with E-state index in [1.807, 2.05) is 13.8 Å². The first-order valence-electron chi connectivity index (χ1n) is 13.7. The Morgan fingerprint density at radius 1 is 1.05 bits per heavy atom. The molecule has 3 heterocycles. The third-order valence-electron chi connectivity index (χ3n) is 7.92. The molecule has 0 aromatic heterocycles. The van der Waals surface area contributed by atoms with Gasteiger partial charge in [-0.2, -0.15) is 35.5 Å². The van der Waals surface area contributed by atoms with Crippen LogP contribution in [0.15, 0.2) is 24.3 Å². The molecule has 3 aliphatic heterocycles. The zero-order chi connectivity index (χ0) is 29.2. The van der Waals surface area contributed by atoms with Crippen LogP contribution >= 0.6 is 0 Å². The van der Waals surface area contributed by atoms with Crippen LogP contribution in [0.2, 0.25) is 0 Å². The van der Waals surface area contributed by atoms with Crippen LogP contribution in [0, 0.1) is 29.1 Å². The van der Waals surface area contributed by atoms with Crippen molar-refractivity contribution in [3.8, 4) is 6.07 Å². The highest BCUT2D eigenvalue weighted by atomic mass is 32.2. The standard InChI is InChI=1S/C27H36F3N5O4S/c1-18(2)13-23(20-7-9-22(10-8-20)27(28,29)30)32-25(36)24-6-4-12-35(24)26(37)21-5-3-11-33(17-21)40(38,39)34-15-19(14-31)16-34/h7-10,18-19,21,23-24H,3-6,11-13,15-17H2,1-2H3,(H,32,36)/t21-,23+,24+/m0/s1. The maximum atomic E-state index is 13.6. The lowest BCUT2D eigenvalue weighted by atomic mass is 9.95. The molecule has 2 amide bonds. The van der Waals surface area contributed by atoms with Gasteiger partial charge >= 0.3 is 6.18 Å². The van der Waals surface area contributed by atoms with E-state index in [1.54, 1.807) is 0 Å². The Morgan fingerprint density at radius 2 is 1.70 bits per heavy atom. The van der Waals surface area contributed by atoms with Gasteiger partial charge in [-0.1, -0.05) is 26.0 Å². The molecule has 13 heteroatoms. The van der Waals surface area contributed by atoms with Crippen molar-refractivity contribution in [3.05, 3.63) is 35.4 Å². The van der Waals surface area contributed by atoms with Crippen LogP contribution < -0.4 is 5.32 Å². The Morgan fingerprint density at radius 3 is 2.30 bits per heavy atom. The molecule has 3 saturated heterocycles. The lowest BCUT2D eigenvalue weighted by molar-refractivity contribution is -0.142. The van der Waals surface area contributed by atoms with E-state index in [2.05, 4.69) is 11.4 Å². The fourth-order valence-corrected chi connectivity index (χ4v) is 7.48. The number of nitrogens with zero attached hydrogens (tertiary/aromatic N) is 4. The van der Waals surface area contributed by atoms with E-state index in [9.17, 15) is 31.2 Å². The average molecular weight is 584 g/mol. The molecule has 0 bridgehead atoms. The Hall–Kier alpha value is -2.69. The van der Waals surface area contributed by atoms with Gasteiger partial charge in [0.2, 0.25) is 11.8 Å². The van der Waals surface area contributed by atoms with E-state index in [-0.39, 0.29) is 43.3 Å². The number of halogens is 3. The number of nitrogens with one attached hydrogen (secondary N) is 1. The highest BCUT2D eigenvalue weighted by Gasteiger charge is 2.44. The van der Waals surface area contributed by atoms with Crippen molar-refractivity contribution in [1.29, 1.82) is 5.26 Å². The first-order chi connectivity index (χ1) is 18.8. The van der Waals surface area contributed by atoms with Gasteiger partial charge in [-0.3, -0.25) is 9.59 Å². The summed E-state index contributed by atoms with van der Waals surface area (Å²) in [6.07, 6.45) is -1.84. The molecule has 3 fully saturated rings. The summed E-state index contributed by atoms with van der Waals surface area (Å²) in [5.74, 6) is -1.36. The zero-order valence-corrected chi connectivity index (χ0v) is 23.5. The zero-order valence-electron chi connectivity index (χ0n) is 22.7. The van der Waals surface area contributed by atoms with Gasteiger partial charge in [-0.15, -0.1) is 0 Å². The highest BCUT2D eigenvalue weighted by molar-refractivity contribution is 7.86. The second-order valence-electron chi connectivity index (χ2n) is 11.3. The smallest absolute Gasteiger partial charge is 0.347 e. The average Bonchev–Trinajstić information content (AvgIpc) is 3.37. The Kier molecular flexibility index (Phi) is 9.11. The molecule has 3 atom stereocenters. The summed E-state index contributed by atoms with van der Waals surface area (Å²) in [4.78, 5) is 28.5. The van der Waals surface area contributed by atoms with Crippen LogP contribution in [-0.2, 0) is 26.0 Å². The van der Waals surface area contributed by atoms with Gasteiger partial charge in [0.1, 0.15) is 6.04 Å². The lowest BCUT2D eigenvalue weighted by Gasteiger charge is -2.41. The van der Waals surface area contributed by atoms with Crippen molar-refractivity contribution in [2.75, 3.05) is 32.7 Å². The number of likely N-dealkylation sites (tertiary alicyclic amines) is 1. The van der Waals surface area contributed by atoms with Crippen molar-refractivity contribution >= 4 is 22.0 Å². The molecule has 1 aromatic rings. The second-order valence-corrected chi connectivity index (χ2v) is 13.3. The summed E-state index contributed by atoms with van der Waals surface area (Å²) >= 11 is 0.